The summed E-state index contributed by atoms with van der Waals surface area (Å²) in [5.41, 5.74) is -0.434. The van der Waals surface area contributed by atoms with Crippen LogP contribution in [0.2, 0.25) is 0 Å². The van der Waals surface area contributed by atoms with Crippen molar-refractivity contribution in [3.63, 3.8) is 0 Å². The number of esters is 1. The second-order valence-corrected chi connectivity index (χ2v) is 4.36. The van der Waals surface area contributed by atoms with Crippen molar-refractivity contribution in [2.45, 2.75) is 44.6 Å². The molecule has 0 atom stereocenters. The van der Waals surface area contributed by atoms with E-state index in [1.807, 2.05) is 19.1 Å². The van der Waals surface area contributed by atoms with Crippen molar-refractivity contribution in [3.05, 3.63) is 24.0 Å². The molecule has 2 rings (SSSR count). The Bertz CT molecular complexity index is 322. The van der Waals surface area contributed by atoms with Gasteiger partial charge in [-0.2, -0.15) is 0 Å². The first-order chi connectivity index (χ1) is 7.77. The molecule has 1 spiro atoms. The summed E-state index contributed by atoms with van der Waals surface area (Å²) in [6.45, 7) is 2.46. The number of hydrogen-bond acceptors (Lipinski definition) is 3. The number of allylic oxidation sites excluding steroid dienone is 1. The highest BCUT2D eigenvalue weighted by molar-refractivity contribution is 5.86. The highest BCUT2D eigenvalue weighted by atomic mass is 16.6. The third-order valence-electron chi connectivity index (χ3n) is 3.23. The van der Waals surface area contributed by atoms with Gasteiger partial charge in [-0.1, -0.05) is 18.6 Å². The zero-order valence-electron chi connectivity index (χ0n) is 9.70. The van der Waals surface area contributed by atoms with Crippen LogP contribution >= 0.6 is 0 Å². The summed E-state index contributed by atoms with van der Waals surface area (Å²) >= 11 is 0. The summed E-state index contributed by atoms with van der Waals surface area (Å²) < 4.78 is 11.1. The summed E-state index contributed by atoms with van der Waals surface area (Å²) in [5.74, 6) is 0.479. The second-order valence-electron chi connectivity index (χ2n) is 4.36. The maximum absolute atomic E-state index is 11.4. The molecule has 0 aromatic carbocycles. The zero-order valence-corrected chi connectivity index (χ0v) is 9.70. The lowest BCUT2D eigenvalue weighted by Gasteiger charge is -2.33. The Labute approximate surface area is 96.1 Å². The molecule has 0 radical (unpaired) electrons. The first-order valence-electron chi connectivity index (χ1n) is 5.96. The molecule has 1 aliphatic heterocycles. The van der Waals surface area contributed by atoms with E-state index in [1.54, 1.807) is 0 Å². The topological polar surface area (TPSA) is 35.5 Å². The molecule has 0 unspecified atom stereocenters. The summed E-state index contributed by atoms with van der Waals surface area (Å²) in [5, 5.41) is 0. The predicted octanol–water partition coefficient (Wildman–Crippen LogP) is 2.72. The maximum atomic E-state index is 11.4. The molecule has 0 saturated heterocycles. The minimum atomic E-state index is -0.434. The summed E-state index contributed by atoms with van der Waals surface area (Å²) in [4.78, 5) is 11.4. The van der Waals surface area contributed by atoms with Gasteiger partial charge in [-0.15, -0.1) is 0 Å². The van der Waals surface area contributed by atoms with Crippen LogP contribution in [0.4, 0.5) is 0 Å². The van der Waals surface area contributed by atoms with Gasteiger partial charge < -0.3 is 9.47 Å². The molecule has 1 saturated carbocycles. The standard InChI is InChI=1S/C13H18O3/c1-2-3-9-15-11-10-12(14)16-13(11)7-5-4-6-8-13/h2-3,10H,4-9H2,1H3/b3-2-. The van der Waals surface area contributed by atoms with Crippen molar-refractivity contribution >= 4 is 5.97 Å². The molecule has 1 fully saturated rings. The van der Waals surface area contributed by atoms with Crippen LogP contribution in [-0.4, -0.2) is 18.2 Å². The van der Waals surface area contributed by atoms with Crippen molar-refractivity contribution in [3.8, 4) is 0 Å². The molecule has 2 aliphatic rings. The number of hydrogen-bond donors (Lipinski definition) is 0. The fraction of sp³-hybridized carbons (Fsp3) is 0.615. The monoisotopic (exact) mass is 222 g/mol. The Balaban J connectivity index is 2.06. The van der Waals surface area contributed by atoms with Gasteiger partial charge in [-0.3, -0.25) is 0 Å². The fourth-order valence-electron chi connectivity index (χ4n) is 2.39. The number of rotatable bonds is 3. The van der Waals surface area contributed by atoms with Crippen LogP contribution in [0.15, 0.2) is 24.0 Å². The van der Waals surface area contributed by atoms with Gasteiger partial charge in [0.25, 0.3) is 0 Å². The van der Waals surface area contributed by atoms with Crippen LogP contribution in [0.1, 0.15) is 39.0 Å². The smallest absolute Gasteiger partial charge is 0.335 e. The Morgan fingerprint density at radius 1 is 1.44 bits per heavy atom. The number of carbonyl (C=O) groups is 1. The van der Waals surface area contributed by atoms with Gasteiger partial charge in [-0.05, 0) is 32.6 Å². The van der Waals surface area contributed by atoms with Crippen LogP contribution in [-0.2, 0) is 14.3 Å². The second kappa shape index (κ2) is 4.73. The Morgan fingerprint density at radius 3 is 2.88 bits per heavy atom. The maximum Gasteiger partial charge on any atom is 0.335 e. The third-order valence-corrected chi connectivity index (χ3v) is 3.23. The van der Waals surface area contributed by atoms with Gasteiger partial charge in [-0.25, -0.2) is 4.79 Å². The Morgan fingerprint density at radius 2 is 2.19 bits per heavy atom. The Kier molecular flexibility index (Phi) is 3.32. The van der Waals surface area contributed by atoms with Crippen molar-refractivity contribution in [2.75, 3.05) is 6.61 Å². The molecule has 0 amide bonds. The van der Waals surface area contributed by atoms with Gasteiger partial charge in [0.15, 0.2) is 5.60 Å². The Hall–Kier alpha value is -1.25. The van der Waals surface area contributed by atoms with E-state index in [4.69, 9.17) is 9.47 Å². The van der Waals surface area contributed by atoms with Crippen LogP contribution in [0, 0.1) is 0 Å². The normalized spacial score (nSPS) is 23.6. The van der Waals surface area contributed by atoms with Gasteiger partial charge in [0.2, 0.25) is 0 Å². The van der Waals surface area contributed by atoms with E-state index in [0.29, 0.717) is 6.61 Å². The molecule has 16 heavy (non-hydrogen) atoms. The average Bonchev–Trinajstić information content (AvgIpc) is 2.57. The molecule has 88 valence electrons. The van der Waals surface area contributed by atoms with Crippen molar-refractivity contribution in [1.82, 2.24) is 0 Å². The summed E-state index contributed by atoms with van der Waals surface area (Å²) in [6.07, 6.45) is 10.6. The highest BCUT2D eigenvalue weighted by Crippen LogP contribution is 2.41. The van der Waals surface area contributed by atoms with Crippen LogP contribution < -0.4 is 0 Å². The zero-order chi connectivity index (χ0) is 11.4. The molecule has 1 aliphatic carbocycles. The predicted molar refractivity (Wildman–Crippen MR) is 60.8 cm³/mol. The van der Waals surface area contributed by atoms with E-state index in [9.17, 15) is 4.79 Å². The molecule has 3 heteroatoms. The molecule has 0 aromatic rings. The van der Waals surface area contributed by atoms with E-state index in [2.05, 4.69) is 0 Å². The molecule has 0 aromatic heterocycles. The number of carbonyl (C=O) groups excluding carboxylic acids is 1. The largest absolute Gasteiger partial charge is 0.489 e. The van der Waals surface area contributed by atoms with Gasteiger partial charge >= 0.3 is 5.97 Å². The lowest BCUT2D eigenvalue weighted by atomic mass is 9.84. The van der Waals surface area contributed by atoms with E-state index in [0.717, 1.165) is 31.4 Å². The van der Waals surface area contributed by atoms with Gasteiger partial charge in [0.05, 0.1) is 6.08 Å². The third kappa shape index (κ3) is 2.13. The lowest BCUT2D eigenvalue weighted by molar-refractivity contribution is -0.150. The SMILES string of the molecule is C/C=C\COC1=CC(=O)OC12CCCCC2. The molecular weight excluding hydrogens is 204 g/mol. The number of ether oxygens (including phenoxy) is 2. The lowest BCUT2D eigenvalue weighted by Crippen LogP contribution is -2.35. The molecular formula is C13H18O3. The fourth-order valence-corrected chi connectivity index (χ4v) is 2.39. The molecule has 3 nitrogen and oxygen atoms in total. The highest BCUT2D eigenvalue weighted by Gasteiger charge is 2.45. The van der Waals surface area contributed by atoms with Crippen molar-refractivity contribution in [2.24, 2.45) is 0 Å². The van der Waals surface area contributed by atoms with E-state index < -0.39 is 5.60 Å². The van der Waals surface area contributed by atoms with E-state index in [-0.39, 0.29) is 5.97 Å². The first-order valence-corrected chi connectivity index (χ1v) is 5.96. The van der Waals surface area contributed by atoms with Crippen LogP contribution in [0.3, 0.4) is 0 Å². The van der Waals surface area contributed by atoms with Crippen LogP contribution in [0.5, 0.6) is 0 Å². The van der Waals surface area contributed by atoms with E-state index in [1.165, 1.54) is 12.5 Å². The molecule has 1 heterocycles. The average molecular weight is 222 g/mol. The summed E-state index contributed by atoms with van der Waals surface area (Å²) in [6, 6.07) is 0. The first kappa shape index (κ1) is 11.2. The molecule has 0 bridgehead atoms. The quantitative estimate of drug-likeness (QED) is 0.544. The summed E-state index contributed by atoms with van der Waals surface area (Å²) in [7, 11) is 0. The van der Waals surface area contributed by atoms with Gasteiger partial charge in [0, 0.05) is 0 Å². The van der Waals surface area contributed by atoms with E-state index >= 15 is 0 Å². The molecule has 0 N–H and O–H groups in total. The van der Waals surface area contributed by atoms with Crippen molar-refractivity contribution in [1.29, 1.82) is 0 Å². The van der Waals surface area contributed by atoms with Crippen molar-refractivity contribution < 1.29 is 14.3 Å². The minimum absolute atomic E-state index is 0.252. The van der Waals surface area contributed by atoms with Crippen LogP contribution in [0.25, 0.3) is 0 Å². The van der Waals surface area contributed by atoms with Gasteiger partial charge in [0.1, 0.15) is 12.4 Å². The minimum Gasteiger partial charge on any atom is -0.489 e.